The zero-order valence-corrected chi connectivity index (χ0v) is 30.0. The number of hydrogen-bond acceptors (Lipinski definition) is 6. The van der Waals surface area contributed by atoms with Crippen molar-refractivity contribution in [2.45, 2.75) is 32.9 Å². The lowest BCUT2D eigenvalue weighted by atomic mass is 9.96. The van der Waals surface area contributed by atoms with Crippen molar-refractivity contribution >= 4 is 49.6 Å². The summed E-state index contributed by atoms with van der Waals surface area (Å²) in [7, 11) is -0.761. The number of anilines is 1. The average Bonchev–Trinajstić information content (AvgIpc) is 3.64. The molecule has 0 saturated heterocycles. The van der Waals surface area contributed by atoms with Crippen LogP contribution in [0.2, 0.25) is 0 Å². The van der Waals surface area contributed by atoms with Gasteiger partial charge in [0.1, 0.15) is 22.8 Å². The van der Waals surface area contributed by atoms with Crippen LogP contribution in [0, 0.1) is 5.82 Å². The van der Waals surface area contributed by atoms with Crippen molar-refractivity contribution in [2.24, 2.45) is 0 Å². The van der Waals surface area contributed by atoms with Crippen molar-refractivity contribution in [3.05, 3.63) is 102 Å². The highest BCUT2D eigenvalue weighted by Gasteiger charge is 2.26. The smallest absolute Gasteiger partial charge is 0.407 e. The predicted molar refractivity (Wildman–Crippen MR) is 199 cm³/mol. The number of amides is 2. The third-order valence-corrected chi connectivity index (χ3v) is 9.68. The summed E-state index contributed by atoms with van der Waals surface area (Å²) in [5.41, 5.74) is 4.68. The first kappa shape index (κ1) is 35.2. The summed E-state index contributed by atoms with van der Waals surface area (Å²) in [6, 6.07) is 26.7. The van der Waals surface area contributed by atoms with Crippen molar-refractivity contribution in [2.75, 3.05) is 31.2 Å². The van der Waals surface area contributed by atoms with E-state index in [9.17, 15) is 22.4 Å². The first-order valence-corrected chi connectivity index (χ1v) is 18.2. The Labute approximate surface area is 295 Å². The lowest BCUT2D eigenvalue weighted by Gasteiger charge is -2.21. The largest absolute Gasteiger partial charge is 0.455 e. The molecular weight excluding hydrogens is 672 g/mol. The molecule has 264 valence electrons. The lowest BCUT2D eigenvalue weighted by molar-refractivity contribution is 0.0526. The number of nitrogens with zero attached hydrogens (tertiary/aromatic N) is 2. The molecule has 4 aromatic carbocycles. The molecular formula is C39H39FN4O6S. The molecule has 6 rings (SSSR count). The Morgan fingerprint density at radius 2 is 1.63 bits per heavy atom. The number of alkyl carbamates (subject to hydrolysis) is 1. The number of fused-ring (bicyclic) bond motifs is 2. The molecule has 0 atom stereocenters. The number of nitrogens with one attached hydrogen (secondary N) is 2. The van der Waals surface area contributed by atoms with Gasteiger partial charge in [0.25, 0.3) is 5.91 Å². The number of halogens is 1. The number of furan rings is 1. The molecule has 12 heteroatoms. The number of carbonyl (C=O) groups is 2. The van der Waals surface area contributed by atoms with Crippen molar-refractivity contribution in [1.29, 1.82) is 0 Å². The van der Waals surface area contributed by atoms with E-state index in [2.05, 4.69) is 21.3 Å². The second-order valence-corrected chi connectivity index (χ2v) is 15.3. The van der Waals surface area contributed by atoms with Gasteiger partial charge in [-0.1, -0.05) is 36.4 Å². The van der Waals surface area contributed by atoms with E-state index in [1.807, 2.05) is 69.3 Å². The van der Waals surface area contributed by atoms with Gasteiger partial charge in [0.05, 0.1) is 17.5 Å². The van der Waals surface area contributed by atoms with Crippen LogP contribution >= 0.6 is 0 Å². The Morgan fingerprint density at radius 3 is 2.31 bits per heavy atom. The van der Waals surface area contributed by atoms with Gasteiger partial charge >= 0.3 is 6.09 Å². The van der Waals surface area contributed by atoms with Crippen LogP contribution in [0.3, 0.4) is 0 Å². The van der Waals surface area contributed by atoms with Gasteiger partial charge in [0.15, 0.2) is 0 Å². The number of rotatable bonds is 9. The number of benzene rings is 4. The van der Waals surface area contributed by atoms with Crippen LogP contribution in [0.4, 0.5) is 14.9 Å². The Balaban J connectivity index is 1.50. The second-order valence-electron chi connectivity index (χ2n) is 13.2. The van der Waals surface area contributed by atoms with Gasteiger partial charge < -0.3 is 24.4 Å². The van der Waals surface area contributed by atoms with Crippen molar-refractivity contribution in [3.63, 3.8) is 0 Å². The molecule has 2 heterocycles. The number of aromatic nitrogens is 1. The summed E-state index contributed by atoms with van der Waals surface area (Å²) in [6.07, 6.45) is 0.613. The highest BCUT2D eigenvalue weighted by atomic mass is 32.2. The van der Waals surface area contributed by atoms with E-state index in [1.165, 1.54) is 42.7 Å². The van der Waals surface area contributed by atoms with Gasteiger partial charge in [0, 0.05) is 66.4 Å². The molecule has 2 aromatic heterocycles. The zero-order chi connectivity index (χ0) is 36.7. The minimum atomic E-state index is -3.73. The standard InChI is InChI=1S/C39H39FN4O6S/c1-39(2,3)50-38(46)42-18-19-44-31-13-8-7-10-27(31)21-32(44)26-12-9-11-25(20-26)29-22-30-34(23-33(29)43(5)51(6,47)48)49-36(35(30)37(45)41-4)24-14-16-28(40)17-15-24/h7-17,20-23H,18-19H2,1-6H3,(H,41,45)(H,42,46). The second kappa shape index (κ2) is 13.6. The summed E-state index contributed by atoms with van der Waals surface area (Å²) < 4.78 is 54.6. The van der Waals surface area contributed by atoms with Gasteiger partial charge in [-0.25, -0.2) is 17.6 Å². The van der Waals surface area contributed by atoms with Crippen LogP contribution in [0.5, 0.6) is 0 Å². The monoisotopic (exact) mass is 710 g/mol. The number of ether oxygens (including phenoxy) is 1. The summed E-state index contributed by atoms with van der Waals surface area (Å²) in [5.74, 6) is -0.622. The molecule has 0 bridgehead atoms. The first-order chi connectivity index (χ1) is 24.1. The number of hydrogen-bond donors (Lipinski definition) is 2. The molecule has 6 aromatic rings. The molecule has 0 radical (unpaired) electrons. The third-order valence-electron chi connectivity index (χ3n) is 8.49. The highest BCUT2D eigenvalue weighted by molar-refractivity contribution is 7.92. The lowest BCUT2D eigenvalue weighted by Crippen LogP contribution is -2.34. The molecule has 0 aliphatic rings. The van der Waals surface area contributed by atoms with Crippen LogP contribution in [0.1, 0.15) is 31.1 Å². The summed E-state index contributed by atoms with van der Waals surface area (Å²) in [4.78, 5) is 25.7. The average molecular weight is 711 g/mol. The molecule has 0 saturated carbocycles. The van der Waals surface area contributed by atoms with E-state index >= 15 is 0 Å². The number of carbonyl (C=O) groups excluding carboxylic acids is 2. The van der Waals surface area contributed by atoms with E-state index in [1.54, 1.807) is 12.1 Å². The normalized spacial score (nSPS) is 11.9. The minimum absolute atomic E-state index is 0.229. The molecule has 0 fully saturated rings. The zero-order valence-electron chi connectivity index (χ0n) is 29.2. The highest BCUT2D eigenvalue weighted by Crippen LogP contribution is 2.42. The molecule has 0 unspecified atom stereocenters. The Hall–Kier alpha value is -5.62. The van der Waals surface area contributed by atoms with Crippen molar-refractivity contribution < 1.29 is 31.6 Å². The summed E-state index contributed by atoms with van der Waals surface area (Å²) >= 11 is 0. The molecule has 0 aliphatic heterocycles. The van der Waals surface area contributed by atoms with Crippen LogP contribution in [0.15, 0.2) is 95.4 Å². The van der Waals surface area contributed by atoms with Crippen LogP contribution in [-0.4, -0.2) is 57.5 Å². The topological polar surface area (TPSA) is 123 Å². The van der Waals surface area contributed by atoms with Gasteiger partial charge in [-0.15, -0.1) is 0 Å². The molecule has 10 nitrogen and oxygen atoms in total. The van der Waals surface area contributed by atoms with Gasteiger partial charge in [0.2, 0.25) is 10.0 Å². The van der Waals surface area contributed by atoms with Gasteiger partial charge in [-0.3, -0.25) is 9.10 Å². The van der Waals surface area contributed by atoms with E-state index < -0.39 is 33.4 Å². The predicted octanol–water partition coefficient (Wildman–Crippen LogP) is 7.81. The molecule has 0 spiro atoms. The van der Waals surface area contributed by atoms with Crippen molar-refractivity contribution in [1.82, 2.24) is 15.2 Å². The van der Waals surface area contributed by atoms with Crippen LogP contribution < -0.4 is 14.9 Å². The fourth-order valence-corrected chi connectivity index (χ4v) is 6.59. The van der Waals surface area contributed by atoms with Gasteiger partial charge in [-0.05, 0) is 80.4 Å². The van der Waals surface area contributed by atoms with E-state index in [0.717, 1.165) is 28.4 Å². The summed E-state index contributed by atoms with van der Waals surface area (Å²) in [5, 5.41) is 6.98. The maximum Gasteiger partial charge on any atom is 0.407 e. The third kappa shape index (κ3) is 7.32. The molecule has 2 N–H and O–H groups in total. The molecule has 2 amide bonds. The Bertz CT molecular complexity index is 2390. The van der Waals surface area contributed by atoms with Crippen molar-refractivity contribution in [3.8, 4) is 33.7 Å². The maximum absolute atomic E-state index is 13.8. The van der Waals surface area contributed by atoms with Crippen LogP contribution in [0.25, 0.3) is 55.6 Å². The summed E-state index contributed by atoms with van der Waals surface area (Å²) in [6.45, 7) is 6.20. The van der Waals surface area contributed by atoms with E-state index in [-0.39, 0.29) is 16.9 Å². The van der Waals surface area contributed by atoms with Crippen LogP contribution in [-0.2, 0) is 21.3 Å². The van der Waals surface area contributed by atoms with E-state index in [0.29, 0.717) is 40.9 Å². The first-order valence-electron chi connectivity index (χ1n) is 16.3. The number of sulfonamides is 1. The number of para-hydroxylation sites is 1. The fourth-order valence-electron chi connectivity index (χ4n) is 6.08. The van der Waals surface area contributed by atoms with E-state index in [4.69, 9.17) is 9.15 Å². The van der Waals surface area contributed by atoms with Gasteiger partial charge in [-0.2, -0.15) is 0 Å². The Morgan fingerprint density at radius 1 is 0.922 bits per heavy atom. The fraction of sp³-hybridized carbons (Fsp3) is 0.231. The SMILES string of the molecule is CNC(=O)c1c(-c2ccc(F)cc2)oc2cc(N(C)S(C)(=O)=O)c(-c3cccc(-c4cc5ccccc5n4CCNC(=O)OC(C)(C)C)c3)cc12. The molecule has 51 heavy (non-hydrogen) atoms. The Kier molecular flexibility index (Phi) is 9.39. The maximum atomic E-state index is 13.8. The quantitative estimate of drug-likeness (QED) is 0.158. The molecule has 0 aliphatic carbocycles. The minimum Gasteiger partial charge on any atom is -0.455 e.